The van der Waals surface area contributed by atoms with E-state index in [1.54, 1.807) is 76.6 Å². The van der Waals surface area contributed by atoms with Gasteiger partial charge in [0.2, 0.25) is 59.3 Å². The molecule has 3 aromatic rings. The van der Waals surface area contributed by atoms with Crippen LogP contribution in [0.4, 0.5) is 15.3 Å². The summed E-state index contributed by atoms with van der Waals surface area (Å²) in [6.45, 7) is 18.8. The largest absolute Gasteiger partial charge is 0.431 e. The molecule has 3 saturated heterocycles. The Kier molecular flexibility index (Phi) is 36.1. The number of amides is 13. The Labute approximate surface area is 651 Å². The van der Waals surface area contributed by atoms with Crippen LogP contribution in [0.5, 0.6) is 0 Å². The molecule has 29 nitrogen and oxygen atoms in total. The first-order valence-electron chi connectivity index (χ1n) is 38.3. The minimum Gasteiger partial charge on any atom is -0.431 e. The number of unbranched alkanes of at least 4 members (excludes halogenated alkanes) is 2. The molecule has 604 valence electrons. The van der Waals surface area contributed by atoms with E-state index in [9.17, 15) is 52.7 Å². The monoisotopic (exact) mass is 1560 g/mol. The number of benzene rings is 2. The fourth-order valence-electron chi connectivity index (χ4n) is 14.6. The van der Waals surface area contributed by atoms with E-state index in [2.05, 4.69) is 41.8 Å². The second-order valence-electron chi connectivity index (χ2n) is 30.1. The van der Waals surface area contributed by atoms with Gasteiger partial charge >= 0.3 is 12.1 Å². The molecule has 0 aliphatic carbocycles. The highest BCUT2D eigenvalue weighted by molar-refractivity contribution is 7.98. The van der Waals surface area contributed by atoms with Crippen molar-refractivity contribution in [2.24, 2.45) is 41.2 Å². The molecular formula is C78H120N14O15S2. The number of primary amides is 1. The summed E-state index contributed by atoms with van der Waals surface area (Å²) in [5.41, 5.74) is 6.82. The SMILES string of the molecule is CC[C@H](C)[C@@H]([C@@H](CC(=O)N1CCC[C@H]1[C@H](OC)[C@@H](C)C(=O)N[C@@H](Cc1ccccc1)c1nccs1)OC)N(C)C(=O)[C@@H](NC(=O)[C@H](C(C)C)N(C)C(=O)OC(C(=O)N1CCN(C)CC1)c1ccc(NC(=O)[C@H](CCCNC(N)=O)NC(=O)[C@@H](NC(=O)CCCCCN2C(=O)CC(CSC)C2=O)C(C)C)cc1)C(C)C. The quantitative estimate of drug-likeness (QED) is 0.0234. The third-order valence-electron chi connectivity index (χ3n) is 21.0. The summed E-state index contributed by atoms with van der Waals surface area (Å²) < 4.78 is 18.5. The van der Waals surface area contributed by atoms with Gasteiger partial charge in [-0.2, -0.15) is 11.8 Å². The highest BCUT2D eigenvalue weighted by atomic mass is 32.2. The zero-order chi connectivity index (χ0) is 80.3. The molecule has 0 spiro atoms. The predicted molar refractivity (Wildman–Crippen MR) is 418 cm³/mol. The fraction of sp³-hybridized carbons (Fsp3) is 0.654. The molecule has 4 heterocycles. The van der Waals surface area contributed by atoms with Crippen LogP contribution in [-0.2, 0) is 68.6 Å². The molecule has 3 fully saturated rings. The number of ether oxygens (including phenoxy) is 3. The van der Waals surface area contributed by atoms with E-state index in [0.29, 0.717) is 83.4 Å². The van der Waals surface area contributed by atoms with E-state index >= 15 is 4.79 Å². The molecule has 13 amide bonds. The smallest absolute Gasteiger partial charge is 0.411 e. The van der Waals surface area contributed by atoms with Gasteiger partial charge in [-0.25, -0.2) is 14.6 Å². The summed E-state index contributed by atoms with van der Waals surface area (Å²) >= 11 is 2.98. The Morgan fingerprint density at radius 3 is 2.03 bits per heavy atom. The van der Waals surface area contributed by atoms with Crippen LogP contribution >= 0.6 is 23.1 Å². The number of likely N-dealkylation sites (N-methyl/N-ethyl adjacent to an activating group) is 3. The normalized spacial score (nSPS) is 18.5. The first-order chi connectivity index (χ1) is 51.8. The van der Waals surface area contributed by atoms with Crippen molar-refractivity contribution in [1.29, 1.82) is 0 Å². The Morgan fingerprint density at radius 2 is 1.43 bits per heavy atom. The summed E-state index contributed by atoms with van der Waals surface area (Å²) in [5.74, 6) is -6.22. The van der Waals surface area contributed by atoms with Crippen molar-refractivity contribution in [3.05, 3.63) is 82.3 Å². The van der Waals surface area contributed by atoms with Crippen LogP contribution in [0.1, 0.15) is 161 Å². The average molecular weight is 1560 g/mol. The average Bonchev–Trinajstić information content (AvgIpc) is 1.75. The lowest BCUT2D eigenvalue weighted by atomic mass is 9.89. The number of thiazole rings is 1. The van der Waals surface area contributed by atoms with Crippen LogP contribution in [0.2, 0.25) is 0 Å². The number of carbonyl (C=O) groups is 12. The molecule has 6 rings (SSSR count). The molecule has 3 aliphatic rings. The predicted octanol–water partition coefficient (Wildman–Crippen LogP) is 6.52. The zero-order valence-corrected chi connectivity index (χ0v) is 68.0. The molecule has 3 aliphatic heterocycles. The summed E-state index contributed by atoms with van der Waals surface area (Å²) in [6.07, 6.45) is 3.92. The number of thioether (sulfide) groups is 1. The molecule has 0 saturated carbocycles. The van der Waals surface area contributed by atoms with Gasteiger partial charge in [-0.1, -0.05) is 118 Å². The van der Waals surface area contributed by atoms with Crippen molar-refractivity contribution >= 4 is 100.0 Å². The van der Waals surface area contributed by atoms with Gasteiger partial charge in [-0.3, -0.25) is 57.7 Å². The van der Waals surface area contributed by atoms with E-state index in [0.717, 1.165) is 15.5 Å². The third kappa shape index (κ3) is 25.6. The molecule has 2 aromatic carbocycles. The maximum Gasteiger partial charge on any atom is 0.411 e. The first kappa shape index (κ1) is 89.6. The summed E-state index contributed by atoms with van der Waals surface area (Å²) in [6, 6.07) is 9.03. The number of imide groups is 1. The van der Waals surface area contributed by atoms with Crippen LogP contribution in [0.25, 0.3) is 0 Å². The summed E-state index contributed by atoms with van der Waals surface area (Å²) in [7, 11) is 8.00. The lowest BCUT2D eigenvalue weighted by Gasteiger charge is -2.41. The third-order valence-corrected chi connectivity index (χ3v) is 22.7. The topological polar surface area (TPSA) is 363 Å². The van der Waals surface area contributed by atoms with Crippen molar-refractivity contribution in [2.75, 3.05) is 98.5 Å². The van der Waals surface area contributed by atoms with Gasteiger partial charge in [0.25, 0.3) is 5.91 Å². The van der Waals surface area contributed by atoms with E-state index in [1.165, 1.54) is 66.4 Å². The Bertz CT molecular complexity index is 3490. The molecule has 2 unspecified atom stereocenters. The summed E-state index contributed by atoms with van der Waals surface area (Å²) in [4.78, 5) is 181. The summed E-state index contributed by atoms with van der Waals surface area (Å²) in [5, 5.41) is 19.7. The molecule has 0 bridgehead atoms. The number of methoxy groups -OCH3 is 2. The number of aromatic nitrogens is 1. The minimum atomic E-state index is -1.54. The zero-order valence-electron chi connectivity index (χ0n) is 66.4. The van der Waals surface area contributed by atoms with E-state index in [-0.39, 0.29) is 98.0 Å². The molecule has 8 N–H and O–H groups in total. The number of hydrogen-bond acceptors (Lipinski definition) is 19. The minimum absolute atomic E-state index is 0.0346. The number of nitrogens with one attached hydrogen (secondary N) is 6. The molecule has 31 heteroatoms. The number of urea groups is 1. The Hall–Kier alpha value is -8.26. The number of carbonyl (C=O) groups excluding carboxylic acids is 12. The van der Waals surface area contributed by atoms with Crippen molar-refractivity contribution < 1.29 is 71.7 Å². The van der Waals surface area contributed by atoms with Crippen molar-refractivity contribution in [3.63, 3.8) is 0 Å². The number of likely N-dealkylation sites (tertiary alicyclic amines) is 2. The highest BCUT2D eigenvalue weighted by Crippen LogP contribution is 2.33. The van der Waals surface area contributed by atoms with Gasteiger partial charge in [-0.05, 0) is 99.6 Å². The Morgan fingerprint density at radius 1 is 0.752 bits per heavy atom. The number of rotatable bonds is 42. The van der Waals surface area contributed by atoms with Crippen LogP contribution in [0.3, 0.4) is 0 Å². The van der Waals surface area contributed by atoms with Gasteiger partial charge < -0.3 is 71.4 Å². The second-order valence-corrected chi connectivity index (χ2v) is 31.9. The van der Waals surface area contributed by atoms with E-state index in [4.69, 9.17) is 19.9 Å². The van der Waals surface area contributed by atoms with Gasteiger partial charge in [0.15, 0.2) is 0 Å². The number of piperazine rings is 1. The number of hydrogen-bond donors (Lipinski definition) is 7. The van der Waals surface area contributed by atoms with Crippen molar-refractivity contribution in [2.45, 2.75) is 200 Å². The molecule has 1 aromatic heterocycles. The molecule has 13 atom stereocenters. The maximum atomic E-state index is 15.1. The number of nitrogens with two attached hydrogens (primary N) is 1. The maximum absolute atomic E-state index is 15.1. The van der Waals surface area contributed by atoms with Crippen LogP contribution in [0, 0.1) is 35.5 Å². The lowest BCUT2D eigenvalue weighted by molar-refractivity contribution is -0.148. The highest BCUT2D eigenvalue weighted by Gasteiger charge is 2.45. The fourth-order valence-corrected chi connectivity index (χ4v) is 15.9. The van der Waals surface area contributed by atoms with Gasteiger partial charge in [0.1, 0.15) is 29.2 Å². The standard InChI is InChI=1S/C78H120N14O15S2/c1-16-50(8)66(59(105-13)45-62(95)91-37-24-28-58(91)67(106-14)51(9)69(96)84-57(73-80-35-42-109-73)43-52-25-19-17-20-26-52)88(11)75(101)64(48(4)5)86-72(99)65(49(6)7)89(12)78(104)107-68(76(102)90-40-38-87(10)39-41-90)53-30-32-55(33-31-53)82-70(97)56(27-23-34-81-77(79)103)83-71(98)63(47(2)3)85-60(93)29-21-18-22-36-92-61(94)44-54(46-108-15)74(92)100/h17,19-20,25-26,30-33,35,42,47-51,54,56-59,63-68H,16,18,21-24,27-29,34,36-41,43-46H2,1-15H3,(H,82,97)(H,83,98)(H,84,96)(H,85,93)(H,86,99)(H3,79,81,103)/t50-,51+,54?,56-,57-,58-,59+,63-,64-,65-,66-,67+,68?/m0/s1. The first-order valence-corrected chi connectivity index (χ1v) is 40.6. The molecule has 0 radical (unpaired) electrons. The van der Waals surface area contributed by atoms with Crippen LogP contribution in [0.15, 0.2) is 66.2 Å². The van der Waals surface area contributed by atoms with Crippen molar-refractivity contribution in [3.8, 4) is 0 Å². The van der Waals surface area contributed by atoms with E-state index < -0.39 is 126 Å². The van der Waals surface area contributed by atoms with Gasteiger partial charge in [0.05, 0.1) is 48.6 Å². The van der Waals surface area contributed by atoms with Crippen LogP contribution < -0.4 is 37.6 Å². The van der Waals surface area contributed by atoms with Gasteiger partial charge in [-0.15, -0.1) is 11.3 Å². The number of anilines is 1. The lowest BCUT2D eigenvalue weighted by Crippen LogP contribution is -2.60. The molecular weight excluding hydrogens is 1440 g/mol. The number of nitrogens with zero attached hydrogens (tertiary/aromatic N) is 7. The second kappa shape index (κ2) is 44.0. The molecule has 109 heavy (non-hydrogen) atoms. The van der Waals surface area contributed by atoms with Crippen LogP contribution in [-0.4, -0.2) is 247 Å². The Balaban J connectivity index is 1.13. The van der Waals surface area contributed by atoms with E-state index in [1.807, 2.05) is 69.8 Å². The van der Waals surface area contributed by atoms with Crippen molar-refractivity contribution in [1.82, 2.24) is 61.0 Å². The van der Waals surface area contributed by atoms with Gasteiger partial charge in [0, 0.05) is 116 Å².